The van der Waals surface area contributed by atoms with Crippen LogP contribution in [0.4, 0.5) is 10.1 Å². The molecule has 0 bridgehead atoms. The molecule has 32 heavy (non-hydrogen) atoms. The quantitative estimate of drug-likeness (QED) is 0.618. The Morgan fingerprint density at radius 3 is 2.59 bits per heavy atom. The molecule has 3 aromatic rings. The molecule has 0 spiro atoms. The van der Waals surface area contributed by atoms with Crippen LogP contribution in [0, 0.1) is 5.82 Å². The molecular weight excluding hydrogens is 407 g/mol. The zero-order valence-corrected chi connectivity index (χ0v) is 18.2. The molecule has 0 aliphatic carbocycles. The number of carbonyl (C=O) groups excluding carboxylic acids is 1. The summed E-state index contributed by atoms with van der Waals surface area (Å²) in [6.07, 6.45) is 2.05. The van der Waals surface area contributed by atoms with Gasteiger partial charge in [-0.3, -0.25) is 19.1 Å². The minimum absolute atomic E-state index is 0.112. The average Bonchev–Trinajstić information content (AvgIpc) is 2.79. The summed E-state index contributed by atoms with van der Waals surface area (Å²) >= 11 is 0. The van der Waals surface area contributed by atoms with E-state index in [9.17, 15) is 14.0 Å². The van der Waals surface area contributed by atoms with Gasteiger partial charge in [-0.05, 0) is 42.7 Å². The molecule has 2 aromatic carbocycles. The fraction of sp³-hybridized carbons (Fsp3) is 0.320. The molecule has 0 atom stereocenters. The Morgan fingerprint density at radius 2 is 1.88 bits per heavy atom. The van der Waals surface area contributed by atoms with E-state index in [4.69, 9.17) is 4.98 Å². The van der Waals surface area contributed by atoms with Gasteiger partial charge in [0.15, 0.2) is 0 Å². The van der Waals surface area contributed by atoms with Crippen LogP contribution < -0.4 is 10.9 Å². The number of hydrogen-bond acceptors (Lipinski definition) is 4. The molecule has 1 N–H and O–H groups in total. The second-order valence-electron chi connectivity index (χ2n) is 8.10. The summed E-state index contributed by atoms with van der Waals surface area (Å²) in [5.74, 6) is -0.0731. The highest BCUT2D eigenvalue weighted by Gasteiger charge is 2.24. The molecule has 7 heteroatoms. The van der Waals surface area contributed by atoms with Crippen LogP contribution in [0.3, 0.4) is 0 Å². The Bertz CT molecular complexity index is 1140. The lowest BCUT2D eigenvalue weighted by atomic mass is 10.0. The maximum absolute atomic E-state index is 13.3. The normalized spacial score (nSPS) is 13.6. The zero-order valence-electron chi connectivity index (χ0n) is 18.2. The first kappa shape index (κ1) is 21.9. The van der Waals surface area contributed by atoms with Gasteiger partial charge in [-0.25, -0.2) is 9.37 Å². The van der Waals surface area contributed by atoms with Crippen molar-refractivity contribution in [3.63, 3.8) is 0 Å². The van der Waals surface area contributed by atoms with Crippen LogP contribution >= 0.6 is 0 Å². The number of carbonyl (C=O) groups is 1. The molecule has 166 valence electrons. The van der Waals surface area contributed by atoms with Crippen LogP contribution in [0.15, 0.2) is 59.4 Å². The first-order chi connectivity index (χ1) is 15.5. The van der Waals surface area contributed by atoms with E-state index in [1.807, 2.05) is 25.1 Å². The highest BCUT2D eigenvalue weighted by molar-refractivity contribution is 5.90. The monoisotopic (exact) mass is 434 g/mol. The van der Waals surface area contributed by atoms with Crippen molar-refractivity contribution < 1.29 is 9.18 Å². The molecule has 0 radical (unpaired) electrons. The van der Waals surface area contributed by atoms with Gasteiger partial charge in [0.25, 0.3) is 5.56 Å². The third-order valence-electron chi connectivity index (χ3n) is 5.63. The van der Waals surface area contributed by atoms with Crippen molar-refractivity contribution in [2.24, 2.45) is 0 Å². The number of fused-ring (bicyclic) bond motifs is 1. The van der Waals surface area contributed by atoms with Gasteiger partial charge in [0.2, 0.25) is 5.91 Å². The second-order valence-corrected chi connectivity index (χ2v) is 8.10. The van der Waals surface area contributed by atoms with E-state index in [2.05, 4.69) is 22.3 Å². The Hall–Kier alpha value is -3.32. The number of aromatic nitrogens is 2. The van der Waals surface area contributed by atoms with Crippen LogP contribution in [0.2, 0.25) is 0 Å². The highest BCUT2D eigenvalue weighted by atomic mass is 19.1. The maximum atomic E-state index is 13.3. The Balaban J connectivity index is 1.54. The number of nitrogens with zero attached hydrogens (tertiary/aromatic N) is 3. The standard InChI is InChI=1S/C25H27FN4O2/c1-2-6-23-28-22-16-29(15-18-7-4-3-5-8-18)14-13-21(22)25(32)30(23)17-24(31)27-20-11-9-19(26)10-12-20/h3-5,7-12H,2,6,13-17H2,1H3,(H,27,31). The molecule has 2 heterocycles. The van der Waals surface area contributed by atoms with Gasteiger partial charge >= 0.3 is 0 Å². The van der Waals surface area contributed by atoms with Gasteiger partial charge in [-0.1, -0.05) is 37.3 Å². The molecule has 1 aliphatic rings. The van der Waals surface area contributed by atoms with Crippen molar-refractivity contribution in [2.75, 3.05) is 11.9 Å². The SMILES string of the molecule is CCCc1nc2c(c(=O)n1CC(=O)Nc1ccc(F)cc1)CCN(Cc1ccccc1)C2. The number of amides is 1. The number of anilines is 1. The van der Waals surface area contributed by atoms with E-state index in [0.717, 1.165) is 25.2 Å². The van der Waals surface area contributed by atoms with Gasteiger partial charge in [-0.2, -0.15) is 0 Å². The molecule has 6 nitrogen and oxygen atoms in total. The largest absolute Gasteiger partial charge is 0.325 e. The van der Waals surface area contributed by atoms with E-state index < -0.39 is 0 Å². The number of benzene rings is 2. The van der Waals surface area contributed by atoms with Gasteiger partial charge in [0.1, 0.15) is 18.2 Å². The number of nitrogens with one attached hydrogen (secondary N) is 1. The molecule has 0 fully saturated rings. The molecular formula is C25H27FN4O2. The van der Waals surface area contributed by atoms with E-state index in [-0.39, 0.29) is 23.8 Å². The lowest BCUT2D eigenvalue weighted by Gasteiger charge is -2.29. The van der Waals surface area contributed by atoms with E-state index in [1.54, 1.807) is 0 Å². The zero-order chi connectivity index (χ0) is 22.5. The fourth-order valence-corrected chi connectivity index (χ4v) is 4.06. The summed E-state index contributed by atoms with van der Waals surface area (Å²) in [6.45, 7) is 4.12. The summed E-state index contributed by atoms with van der Waals surface area (Å²) in [6, 6.07) is 15.8. The van der Waals surface area contributed by atoms with E-state index >= 15 is 0 Å². The van der Waals surface area contributed by atoms with Crippen LogP contribution in [0.1, 0.15) is 36.0 Å². The first-order valence-corrected chi connectivity index (χ1v) is 11.0. The summed E-state index contributed by atoms with van der Waals surface area (Å²) in [5, 5.41) is 2.73. The molecule has 0 unspecified atom stereocenters. The van der Waals surface area contributed by atoms with Crippen LogP contribution in [0.5, 0.6) is 0 Å². The predicted molar refractivity (Wildman–Crippen MR) is 122 cm³/mol. The molecule has 1 amide bonds. The Labute approximate surface area is 186 Å². The highest BCUT2D eigenvalue weighted by Crippen LogP contribution is 2.18. The minimum atomic E-state index is -0.371. The smallest absolute Gasteiger partial charge is 0.257 e. The summed E-state index contributed by atoms with van der Waals surface area (Å²) in [7, 11) is 0. The van der Waals surface area contributed by atoms with Gasteiger partial charge in [-0.15, -0.1) is 0 Å². The predicted octanol–water partition coefficient (Wildman–Crippen LogP) is 3.53. The van der Waals surface area contributed by atoms with Gasteiger partial charge in [0, 0.05) is 37.3 Å². The number of aryl methyl sites for hydroxylation is 1. The Morgan fingerprint density at radius 1 is 1.12 bits per heavy atom. The lowest BCUT2D eigenvalue weighted by Crippen LogP contribution is -2.40. The van der Waals surface area contributed by atoms with E-state index in [1.165, 1.54) is 34.4 Å². The van der Waals surface area contributed by atoms with Crippen LogP contribution in [-0.2, 0) is 37.3 Å². The fourth-order valence-electron chi connectivity index (χ4n) is 4.06. The molecule has 1 aliphatic heterocycles. The third-order valence-corrected chi connectivity index (χ3v) is 5.63. The molecule has 1 aromatic heterocycles. The van der Waals surface area contributed by atoms with Gasteiger partial charge < -0.3 is 5.32 Å². The van der Waals surface area contributed by atoms with Gasteiger partial charge in [0.05, 0.1) is 5.69 Å². The van der Waals surface area contributed by atoms with Crippen LogP contribution in [0.25, 0.3) is 0 Å². The lowest BCUT2D eigenvalue weighted by molar-refractivity contribution is -0.116. The molecule has 4 rings (SSSR count). The number of hydrogen-bond donors (Lipinski definition) is 1. The topological polar surface area (TPSA) is 67.2 Å². The average molecular weight is 435 g/mol. The number of rotatable bonds is 7. The molecule has 0 saturated heterocycles. The summed E-state index contributed by atoms with van der Waals surface area (Å²) < 4.78 is 14.6. The van der Waals surface area contributed by atoms with E-state index in [0.29, 0.717) is 36.5 Å². The second kappa shape index (κ2) is 9.87. The molecule has 0 saturated carbocycles. The van der Waals surface area contributed by atoms with Crippen molar-refractivity contribution >= 4 is 11.6 Å². The van der Waals surface area contributed by atoms with Crippen molar-refractivity contribution in [2.45, 2.75) is 45.8 Å². The maximum Gasteiger partial charge on any atom is 0.257 e. The first-order valence-electron chi connectivity index (χ1n) is 11.0. The van der Waals surface area contributed by atoms with Crippen molar-refractivity contribution in [3.8, 4) is 0 Å². The Kier molecular flexibility index (Phi) is 6.75. The number of halogens is 1. The van der Waals surface area contributed by atoms with Crippen molar-refractivity contribution in [1.29, 1.82) is 0 Å². The minimum Gasteiger partial charge on any atom is -0.325 e. The third kappa shape index (κ3) is 5.11. The summed E-state index contributed by atoms with van der Waals surface area (Å²) in [4.78, 5) is 33.0. The van der Waals surface area contributed by atoms with Crippen molar-refractivity contribution in [1.82, 2.24) is 14.5 Å². The summed E-state index contributed by atoms with van der Waals surface area (Å²) in [5.41, 5.74) is 3.10. The van der Waals surface area contributed by atoms with Crippen molar-refractivity contribution in [3.05, 3.63) is 93.4 Å². The van der Waals surface area contributed by atoms with Crippen LogP contribution in [-0.4, -0.2) is 26.9 Å².